The van der Waals surface area contributed by atoms with E-state index in [0.717, 1.165) is 19.7 Å². The monoisotopic (exact) mass is 308 g/mol. The van der Waals surface area contributed by atoms with Gasteiger partial charge in [-0.05, 0) is 43.6 Å². The molecule has 1 aliphatic heterocycles. The third-order valence-electron chi connectivity index (χ3n) is 3.84. The molecule has 1 N–H and O–H groups in total. The number of ether oxygens (including phenoxy) is 1. The van der Waals surface area contributed by atoms with Gasteiger partial charge in [-0.1, -0.05) is 18.6 Å². The van der Waals surface area contributed by atoms with Gasteiger partial charge in [-0.15, -0.1) is 11.8 Å². The van der Waals surface area contributed by atoms with Gasteiger partial charge in [0.05, 0.1) is 6.61 Å². The molecule has 0 atom stereocenters. The number of likely N-dealkylation sites (tertiary alicyclic amines) is 1. The fraction of sp³-hybridized carbons (Fsp3) is 0.647. The number of hydrogen-bond donors (Lipinski definition) is 1. The summed E-state index contributed by atoms with van der Waals surface area (Å²) in [4.78, 5) is 3.99. The lowest BCUT2D eigenvalue weighted by atomic mass is 10.1. The molecule has 0 bridgehead atoms. The zero-order valence-electron chi connectivity index (χ0n) is 13.1. The van der Waals surface area contributed by atoms with Gasteiger partial charge in [-0.25, -0.2) is 0 Å². The van der Waals surface area contributed by atoms with Crippen molar-refractivity contribution < 1.29 is 4.74 Å². The Balaban J connectivity index is 1.67. The first-order chi connectivity index (χ1) is 10.4. The maximum atomic E-state index is 5.04. The van der Waals surface area contributed by atoms with Gasteiger partial charge in [-0.2, -0.15) is 0 Å². The predicted octanol–water partition coefficient (Wildman–Crippen LogP) is 3.00. The minimum Gasteiger partial charge on any atom is -0.383 e. The van der Waals surface area contributed by atoms with Crippen LogP contribution in [-0.2, 0) is 11.3 Å². The van der Waals surface area contributed by atoms with Crippen molar-refractivity contribution in [2.45, 2.75) is 30.7 Å². The zero-order valence-corrected chi connectivity index (χ0v) is 14.0. The van der Waals surface area contributed by atoms with Gasteiger partial charge in [0.2, 0.25) is 0 Å². The highest BCUT2D eigenvalue weighted by Gasteiger charge is 2.09. The molecule has 0 saturated carbocycles. The summed E-state index contributed by atoms with van der Waals surface area (Å²) < 4.78 is 5.04. The van der Waals surface area contributed by atoms with Gasteiger partial charge >= 0.3 is 0 Å². The highest BCUT2D eigenvalue weighted by Crippen LogP contribution is 2.20. The third kappa shape index (κ3) is 6.83. The number of nitrogens with one attached hydrogen (secondary N) is 1. The van der Waals surface area contributed by atoms with Crippen molar-refractivity contribution >= 4 is 11.8 Å². The molecular formula is C17H28N2OS. The van der Waals surface area contributed by atoms with E-state index in [1.807, 2.05) is 11.8 Å². The number of piperidine rings is 1. The molecular weight excluding hydrogens is 280 g/mol. The zero-order chi connectivity index (χ0) is 14.8. The summed E-state index contributed by atoms with van der Waals surface area (Å²) in [6, 6.07) is 8.88. The van der Waals surface area contributed by atoms with Crippen LogP contribution in [0.3, 0.4) is 0 Å². The van der Waals surface area contributed by atoms with Crippen LogP contribution >= 0.6 is 11.8 Å². The summed E-state index contributed by atoms with van der Waals surface area (Å²) in [5, 5.41) is 3.40. The summed E-state index contributed by atoms with van der Waals surface area (Å²) in [5.41, 5.74) is 1.36. The number of hydrogen-bond acceptors (Lipinski definition) is 4. The number of methoxy groups -OCH3 is 1. The van der Waals surface area contributed by atoms with Crippen LogP contribution in [0.1, 0.15) is 24.8 Å². The molecule has 0 radical (unpaired) electrons. The van der Waals surface area contributed by atoms with E-state index >= 15 is 0 Å². The van der Waals surface area contributed by atoms with Crippen molar-refractivity contribution in [2.75, 3.05) is 45.6 Å². The molecule has 21 heavy (non-hydrogen) atoms. The van der Waals surface area contributed by atoms with Crippen LogP contribution < -0.4 is 5.32 Å². The second-order valence-electron chi connectivity index (χ2n) is 5.57. The average molecular weight is 308 g/mol. The van der Waals surface area contributed by atoms with Crippen molar-refractivity contribution in [3.8, 4) is 0 Å². The average Bonchev–Trinajstić information content (AvgIpc) is 2.53. The molecule has 0 spiro atoms. The van der Waals surface area contributed by atoms with Crippen molar-refractivity contribution in [2.24, 2.45) is 0 Å². The van der Waals surface area contributed by atoms with E-state index in [-0.39, 0.29) is 0 Å². The summed E-state index contributed by atoms with van der Waals surface area (Å²) >= 11 is 1.98. The largest absolute Gasteiger partial charge is 0.383 e. The number of thioether (sulfide) groups is 1. The Bertz CT molecular complexity index is 394. The van der Waals surface area contributed by atoms with Crippen LogP contribution in [-0.4, -0.2) is 50.5 Å². The molecule has 1 aliphatic rings. The van der Waals surface area contributed by atoms with Crippen molar-refractivity contribution in [1.82, 2.24) is 10.2 Å². The van der Waals surface area contributed by atoms with Gasteiger partial charge in [0.25, 0.3) is 0 Å². The highest BCUT2D eigenvalue weighted by atomic mass is 32.2. The highest BCUT2D eigenvalue weighted by molar-refractivity contribution is 7.99. The van der Waals surface area contributed by atoms with E-state index in [1.165, 1.54) is 55.1 Å². The minimum absolute atomic E-state index is 0.768. The summed E-state index contributed by atoms with van der Waals surface area (Å²) in [6.45, 7) is 6.41. The Labute approximate surface area is 133 Å². The molecule has 1 saturated heterocycles. The van der Waals surface area contributed by atoms with Crippen LogP contribution in [0.15, 0.2) is 29.2 Å². The molecule has 1 aromatic rings. The Morgan fingerprint density at radius 2 is 2.10 bits per heavy atom. The standard InChI is InChI=1S/C17H28N2OS/c1-20-12-8-18-15-16-6-5-7-17(14-16)21-13-11-19-9-3-2-4-10-19/h5-7,14,18H,2-4,8-13,15H2,1H3. The minimum atomic E-state index is 0.768. The van der Waals surface area contributed by atoms with Crippen LogP contribution in [0.25, 0.3) is 0 Å². The number of rotatable bonds is 9. The Kier molecular flexibility index (Phi) is 8.18. The Morgan fingerprint density at radius 3 is 2.90 bits per heavy atom. The van der Waals surface area contributed by atoms with Crippen molar-refractivity contribution in [3.63, 3.8) is 0 Å². The first-order valence-corrected chi connectivity index (χ1v) is 9.01. The molecule has 0 unspecified atom stereocenters. The number of nitrogens with zero attached hydrogens (tertiary/aromatic N) is 1. The fourth-order valence-electron chi connectivity index (χ4n) is 2.63. The first-order valence-electron chi connectivity index (χ1n) is 8.02. The molecule has 0 aromatic heterocycles. The lowest BCUT2D eigenvalue weighted by Gasteiger charge is -2.26. The molecule has 1 heterocycles. The lowest BCUT2D eigenvalue weighted by molar-refractivity contribution is 0.199. The van der Waals surface area contributed by atoms with Crippen molar-refractivity contribution in [1.29, 1.82) is 0 Å². The van der Waals surface area contributed by atoms with Crippen LogP contribution in [0.5, 0.6) is 0 Å². The smallest absolute Gasteiger partial charge is 0.0587 e. The fourth-order valence-corrected chi connectivity index (χ4v) is 3.62. The quantitative estimate of drug-likeness (QED) is 0.560. The second kappa shape index (κ2) is 10.2. The van der Waals surface area contributed by atoms with Gasteiger partial charge in [0, 0.05) is 37.4 Å². The van der Waals surface area contributed by atoms with E-state index in [9.17, 15) is 0 Å². The van der Waals surface area contributed by atoms with E-state index < -0.39 is 0 Å². The Hall–Kier alpha value is -0.550. The normalized spacial score (nSPS) is 16.2. The number of benzene rings is 1. The molecule has 1 aromatic carbocycles. The van der Waals surface area contributed by atoms with E-state index in [4.69, 9.17) is 4.74 Å². The molecule has 2 rings (SSSR count). The van der Waals surface area contributed by atoms with Crippen molar-refractivity contribution in [3.05, 3.63) is 29.8 Å². The van der Waals surface area contributed by atoms with Gasteiger partial charge in [0.1, 0.15) is 0 Å². The van der Waals surface area contributed by atoms with Crippen LogP contribution in [0.4, 0.5) is 0 Å². The third-order valence-corrected chi connectivity index (χ3v) is 4.81. The molecule has 4 heteroatoms. The van der Waals surface area contributed by atoms with E-state index in [2.05, 4.69) is 34.5 Å². The van der Waals surface area contributed by atoms with Crippen LogP contribution in [0.2, 0.25) is 0 Å². The van der Waals surface area contributed by atoms with E-state index in [0.29, 0.717) is 0 Å². The molecule has 1 fully saturated rings. The molecule has 118 valence electrons. The molecule has 0 amide bonds. The second-order valence-corrected chi connectivity index (χ2v) is 6.74. The van der Waals surface area contributed by atoms with Crippen LogP contribution in [0, 0.1) is 0 Å². The SMILES string of the molecule is COCCNCc1cccc(SCCN2CCCCC2)c1. The molecule has 3 nitrogen and oxygen atoms in total. The summed E-state index contributed by atoms with van der Waals surface area (Å²) in [5.74, 6) is 1.19. The Morgan fingerprint density at radius 1 is 1.24 bits per heavy atom. The molecule has 0 aliphatic carbocycles. The summed E-state index contributed by atoms with van der Waals surface area (Å²) in [6.07, 6.45) is 4.18. The van der Waals surface area contributed by atoms with Gasteiger partial charge < -0.3 is 15.0 Å². The first kappa shape index (κ1) is 16.8. The predicted molar refractivity (Wildman–Crippen MR) is 91.0 cm³/mol. The maximum absolute atomic E-state index is 5.04. The maximum Gasteiger partial charge on any atom is 0.0587 e. The topological polar surface area (TPSA) is 24.5 Å². The lowest BCUT2D eigenvalue weighted by Crippen LogP contribution is -2.31. The van der Waals surface area contributed by atoms with Gasteiger partial charge in [0.15, 0.2) is 0 Å². The van der Waals surface area contributed by atoms with Gasteiger partial charge in [-0.3, -0.25) is 0 Å². The summed E-state index contributed by atoms with van der Waals surface area (Å²) in [7, 11) is 1.74. The van der Waals surface area contributed by atoms with E-state index in [1.54, 1.807) is 7.11 Å².